The number of aromatic nitrogens is 3. The summed E-state index contributed by atoms with van der Waals surface area (Å²) in [5.41, 5.74) is 1.49. The van der Waals surface area contributed by atoms with E-state index < -0.39 is 8.07 Å². The highest BCUT2D eigenvalue weighted by Crippen LogP contribution is 2.08. The Morgan fingerprint density at radius 2 is 2.06 bits per heavy atom. The lowest BCUT2D eigenvalue weighted by molar-refractivity contribution is 0.0757. The van der Waals surface area contributed by atoms with E-state index in [-0.39, 0.29) is 6.61 Å². The van der Waals surface area contributed by atoms with E-state index in [9.17, 15) is 0 Å². The Kier molecular flexibility index (Phi) is 4.64. The number of nitrogens with zero attached hydrogens (tertiary/aromatic N) is 3. The average Bonchev–Trinajstić information content (AvgIpc) is 2.53. The van der Waals surface area contributed by atoms with Crippen LogP contribution in [0.25, 0.3) is 0 Å². The number of aliphatic hydroxyl groups is 1. The molecular formula is C10H21N3O2Si. The second-order valence-corrected chi connectivity index (χ2v) is 10.7. The minimum atomic E-state index is -1.02. The highest BCUT2D eigenvalue weighted by atomic mass is 28.3. The maximum absolute atomic E-state index is 8.96. The van der Waals surface area contributed by atoms with Crippen molar-refractivity contribution in [1.29, 1.82) is 0 Å². The van der Waals surface area contributed by atoms with Crippen LogP contribution in [-0.4, -0.2) is 34.8 Å². The third kappa shape index (κ3) is 4.03. The van der Waals surface area contributed by atoms with Crippen LogP contribution < -0.4 is 0 Å². The molecule has 1 rings (SSSR count). The average molecular weight is 243 g/mol. The van der Waals surface area contributed by atoms with Gasteiger partial charge in [-0.25, -0.2) is 4.68 Å². The summed E-state index contributed by atoms with van der Waals surface area (Å²) in [4.78, 5) is 0. The third-order valence-electron chi connectivity index (χ3n) is 2.44. The van der Waals surface area contributed by atoms with Crippen molar-refractivity contribution in [3.05, 3.63) is 11.4 Å². The highest BCUT2D eigenvalue weighted by molar-refractivity contribution is 6.76. The van der Waals surface area contributed by atoms with Crippen LogP contribution in [0.2, 0.25) is 25.7 Å². The smallest absolute Gasteiger partial charge is 0.141 e. The summed E-state index contributed by atoms with van der Waals surface area (Å²) in [6, 6.07) is 1.15. The van der Waals surface area contributed by atoms with Gasteiger partial charge in [-0.2, -0.15) is 0 Å². The van der Waals surface area contributed by atoms with Crippen molar-refractivity contribution < 1.29 is 9.84 Å². The van der Waals surface area contributed by atoms with Gasteiger partial charge in [-0.05, 0) is 13.0 Å². The van der Waals surface area contributed by atoms with Gasteiger partial charge < -0.3 is 9.84 Å². The maximum atomic E-state index is 8.96. The number of ether oxygens (including phenoxy) is 1. The molecule has 1 heterocycles. The van der Waals surface area contributed by atoms with E-state index >= 15 is 0 Å². The van der Waals surface area contributed by atoms with Gasteiger partial charge in [0, 0.05) is 14.7 Å². The zero-order valence-corrected chi connectivity index (χ0v) is 11.5. The highest BCUT2D eigenvalue weighted by Gasteiger charge is 2.12. The normalized spacial score (nSPS) is 12.1. The fourth-order valence-corrected chi connectivity index (χ4v) is 1.95. The standard InChI is InChI=1S/C10H21N3O2Si/c1-9-10(7-14)11-12-13(9)8-15-5-6-16(2,3)4/h14H,5-8H2,1-4H3. The van der Waals surface area contributed by atoms with E-state index in [0.717, 1.165) is 18.3 Å². The Bertz CT molecular complexity index is 333. The van der Waals surface area contributed by atoms with Gasteiger partial charge in [0.2, 0.25) is 0 Å². The maximum Gasteiger partial charge on any atom is 0.141 e. The molecule has 0 atom stereocenters. The first kappa shape index (κ1) is 13.3. The van der Waals surface area contributed by atoms with E-state index in [1.54, 1.807) is 4.68 Å². The Morgan fingerprint density at radius 3 is 2.56 bits per heavy atom. The molecule has 0 unspecified atom stereocenters. The fourth-order valence-electron chi connectivity index (χ4n) is 1.19. The molecule has 0 aliphatic heterocycles. The molecular weight excluding hydrogens is 222 g/mol. The van der Waals surface area contributed by atoms with E-state index in [1.165, 1.54) is 0 Å². The van der Waals surface area contributed by atoms with E-state index in [2.05, 4.69) is 30.0 Å². The molecule has 0 aliphatic rings. The number of aliphatic hydroxyl groups excluding tert-OH is 1. The molecule has 6 heteroatoms. The van der Waals surface area contributed by atoms with Crippen molar-refractivity contribution in [3.8, 4) is 0 Å². The molecule has 0 aromatic carbocycles. The molecule has 1 aromatic heterocycles. The SMILES string of the molecule is Cc1c(CO)nnn1COCC[Si](C)(C)C. The van der Waals surface area contributed by atoms with Crippen LogP contribution in [0, 0.1) is 6.92 Å². The second-order valence-electron chi connectivity index (χ2n) is 5.13. The Balaban J connectivity index is 2.35. The minimum absolute atomic E-state index is 0.0687. The van der Waals surface area contributed by atoms with Crippen molar-refractivity contribution in [2.24, 2.45) is 0 Å². The topological polar surface area (TPSA) is 60.2 Å². The van der Waals surface area contributed by atoms with Crippen molar-refractivity contribution >= 4 is 8.07 Å². The summed E-state index contributed by atoms with van der Waals surface area (Å²) in [7, 11) is -1.02. The first-order valence-corrected chi connectivity index (χ1v) is 9.22. The van der Waals surface area contributed by atoms with Crippen LogP contribution in [0.15, 0.2) is 0 Å². The fraction of sp³-hybridized carbons (Fsp3) is 0.800. The lowest BCUT2D eigenvalue weighted by Gasteiger charge is -2.15. The molecule has 0 amide bonds. The molecule has 0 fully saturated rings. The van der Waals surface area contributed by atoms with Crippen LogP contribution >= 0.6 is 0 Å². The monoisotopic (exact) mass is 243 g/mol. The van der Waals surface area contributed by atoms with Gasteiger partial charge in [-0.1, -0.05) is 24.9 Å². The molecule has 92 valence electrons. The minimum Gasteiger partial charge on any atom is -0.390 e. The lowest BCUT2D eigenvalue weighted by atomic mass is 10.4. The Labute approximate surface area is 97.4 Å². The van der Waals surface area contributed by atoms with Crippen molar-refractivity contribution in [3.63, 3.8) is 0 Å². The summed E-state index contributed by atoms with van der Waals surface area (Å²) >= 11 is 0. The predicted molar refractivity (Wildman–Crippen MR) is 64.8 cm³/mol. The molecule has 0 saturated carbocycles. The van der Waals surface area contributed by atoms with Gasteiger partial charge in [0.15, 0.2) is 0 Å². The van der Waals surface area contributed by atoms with Gasteiger partial charge >= 0.3 is 0 Å². The molecule has 16 heavy (non-hydrogen) atoms. The van der Waals surface area contributed by atoms with Gasteiger partial charge in [0.25, 0.3) is 0 Å². The lowest BCUT2D eigenvalue weighted by Crippen LogP contribution is -2.22. The van der Waals surface area contributed by atoms with Crippen LogP contribution in [0.1, 0.15) is 11.4 Å². The predicted octanol–water partition coefficient (Wildman–Crippen LogP) is 1.39. The first-order valence-electron chi connectivity index (χ1n) is 5.51. The van der Waals surface area contributed by atoms with Gasteiger partial charge in [0.05, 0.1) is 12.3 Å². The van der Waals surface area contributed by atoms with Crippen LogP contribution in [-0.2, 0) is 18.1 Å². The third-order valence-corrected chi connectivity index (χ3v) is 4.14. The molecule has 0 spiro atoms. The van der Waals surface area contributed by atoms with Gasteiger partial charge in [0.1, 0.15) is 12.4 Å². The Morgan fingerprint density at radius 1 is 1.38 bits per heavy atom. The summed E-state index contributed by atoms with van der Waals surface area (Å²) in [6.07, 6.45) is 0. The van der Waals surface area contributed by atoms with Crippen LogP contribution in [0.4, 0.5) is 0 Å². The second kappa shape index (κ2) is 5.56. The summed E-state index contributed by atoms with van der Waals surface area (Å²) in [5, 5.41) is 16.7. The molecule has 0 aliphatic carbocycles. The Hall–Kier alpha value is -0.723. The van der Waals surface area contributed by atoms with E-state index in [1.807, 2.05) is 6.92 Å². The quantitative estimate of drug-likeness (QED) is 0.606. The van der Waals surface area contributed by atoms with E-state index in [0.29, 0.717) is 12.4 Å². The van der Waals surface area contributed by atoms with Crippen molar-refractivity contribution in [1.82, 2.24) is 15.0 Å². The number of rotatable bonds is 6. The molecule has 0 bridgehead atoms. The van der Waals surface area contributed by atoms with Crippen LogP contribution in [0.3, 0.4) is 0 Å². The summed E-state index contributed by atoms with van der Waals surface area (Å²) in [5.74, 6) is 0. The number of hydrogen-bond donors (Lipinski definition) is 1. The molecule has 0 saturated heterocycles. The molecule has 5 nitrogen and oxygen atoms in total. The molecule has 1 N–H and O–H groups in total. The van der Waals surface area contributed by atoms with Crippen LogP contribution in [0.5, 0.6) is 0 Å². The molecule has 0 radical (unpaired) electrons. The van der Waals surface area contributed by atoms with E-state index in [4.69, 9.17) is 9.84 Å². The largest absolute Gasteiger partial charge is 0.390 e. The van der Waals surface area contributed by atoms with Gasteiger partial charge in [-0.3, -0.25) is 0 Å². The van der Waals surface area contributed by atoms with Crippen molar-refractivity contribution in [2.45, 2.75) is 45.9 Å². The summed E-state index contributed by atoms with van der Waals surface area (Å²) in [6.45, 7) is 9.96. The van der Waals surface area contributed by atoms with Gasteiger partial charge in [-0.15, -0.1) is 5.10 Å². The van der Waals surface area contributed by atoms with Crippen molar-refractivity contribution in [2.75, 3.05) is 6.61 Å². The zero-order valence-electron chi connectivity index (χ0n) is 10.5. The zero-order chi connectivity index (χ0) is 12.2. The molecule has 1 aromatic rings. The first-order chi connectivity index (χ1) is 7.44. The summed E-state index contributed by atoms with van der Waals surface area (Å²) < 4.78 is 7.22. The number of hydrogen-bond acceptors (Lipinski definition) is 4.